The lowest BCUT2D eigenvalue weighted by molar-refractivity contribution is -0.147. The predicted octanol–water partition coefficient (Wildman–Crippen LogP) is 0.991. The highest BCUT2D eigenvalue weighted by Gasteiger charge is 2.42. The fraction of sp³-hybridized carbons (Fsp3) is 0.462. The molecule has 1 aromatic rings. The summed E-state index contributed by atoms with van der Waals surface area (Å²) in [4.78, 5) is 35.3. The SMILES string of the molecule is O=C(CNC(=O)c1cccs1)NC1(C(=O)O)CCCC1. The summed E-state index contributed by atoms with van der Waals surface area (Å²) in [6, 6.07) is 3.41. The maximum absolute atomic E-state index is 11.8. The van der Waals surface area contributed by atoms with E-state index in [-0.39, 0.29) is 12.5 Å². The van der Waals surface area contributed by atoms with Crippen LogP contribution in [-0.4, -0.2) is 35.0 Å². The van der Waals surface area contributed by atoms with Gasteiger partial charge in [-0.05, 0) is 24.3 Å². The standard InChI is InChI=1S/C13H16N2O4S/c16-10(8-14-11(17)9-4-3-7-20-9)15-13(12(18)19)5-1-2-6-13/h3-4,7H,1-2,5-6,8H2,(H,14,17)(H,15,16)(H,18,19). The average molecular weight is 296 g/mol. The molecule has 1 aliphatic carbocycles. The summed E-state index contributed by atoms with van der Waals surface area (Å²) in [6.45, 7) is -0.217. The van der Waals surface area contributed by atoms with Crippen LogP contribution in [0.1, 0.15) is 35.4 Å². The molecular formula is C13H16N2O4S. The Morgan fingerprint density at radius 2 is 2.00 bits per heavy atom. The number of nitrogens with one attached hydrogen (secondary N) is 2. The van der Waals surface area contributed by atoms with Gasteiger partial charge in [-0.15, -0.1) is 11.3 Å². The van der Waals surface area contributed by atoms with E-state index in [0.717, 1.165) is 12.8 Å². The van der Waals surface area contributed by atoms with Crippen molar-refractivity contribution in [1.29, 1.82) is 0 Å². The molecule has 6 nitrogen and oxygen atoms in total. The van der Waals surface area contributed by atoms with Crippen LogP contribution in [0, 0.1) is 0 Å². The highest BCUT2D eigenvalue weighted by atomic mass is 32.1. The van der Waals surface area contributed by atoms with Crippen molar-refractivity contribution >= 4 is 29.1 Å². The van der Waals surface area contributed by atoms with Gasteiger partial charge in [0.15, 0.2) is 0 Å². The van der Waals surface area contributed by atoms with Crippen LogP contribution in [-0.2, 0) is 9.59 Å². The lowest BCUT2D eigenvalue weighted by Gasteiger charge is -2.25. The molecule has 1 fully saturated rings. The fourth-order valence-corrected chi connectivity index (χ4v) is 2.98. The average Bonchev–Trinajstić information content (AvgIpc) is 3.07. The van der Waals surface area contributed by atoms with E-state index in [4.69, 9.17) is 0 Å². The largest absolute Gasteiger partial charge is 0.480 e. The number of carbonyl (C=O) groups is 3. The predicted molar refractivity (Wildman–Crippen MR) is 73.6 cm³/mol. The van der Waals surface area contributed by atoms with E-state index < -0.39 is 17.4 Å². The zero-order valence-corrected chi connectivity index (χ0v) is 11.7. The third-order valence-electron chi connectivity index (χ3n) is 3.40. The maximum atomic E-state index is 11.8. The van der Waals surface area contributed by atoms with Crippen molar-refractivity contribution in [2.75, 3.05) is 6.54 Å². The van der Waals surface area contributed by atoms with E-state index >= 15 is 0 Å². The lowest BCUT2D eigenvalue weighted by atomic mass is 9.98. The molecule has 3 N–H and O–H groups in total. The van der Waals surface area contributed by atoms with Gasteiger partial charge in [0.25, 0.3) is 5.91 Å². The summed E-state index contributed by atoms with van der Waals surface area (Å²) >= 11 is 1.28. The van der Waals surface area contributed by atoms with E-state index in [1.165, 1.54) is 11.3 Å². The van der Waals surface area contributed by atoms with Crippen molar-refractivity contribution in [3.8, 4) is 0 Å². The minimum absolute atomic E-state index is 0.217. The Bertz CT molecular complexity index is 506. The van der Waals surface area contributed by atoms with Crippen LogP contribution in [0.2, 0.25) is 0 Å². The molecule has 7 heteroatoms. The highest BCUT2D eigenvalue weighted by molar-refractivity contribution is 7.12. The molecule has 0 bridgehead atoms. The molecule has 0 saturated heterocycles. The molecule has 1 heterocycles. The van der Waals surface area contributed by atoms with E-state index in [2.05, 4.69) is 10.6 Å². The molecule has 20 heavy (non-hydrogen) atoms. The van der Waals surface area contributed by atoms with Crippen molar-refractivity contribution in [3.05, 3.63) is 22.4 Å². The van der Waals surface area contributed by atoms with E-state index in [1.54, 1.807) is 17.5 Å². The summed E-state index contributed by atoms with van der Waals surface area (Å²) < 4.78 is 0. The van der Waals surface area contributed by atoms with Gasteiger partial charge in [-0.25, -0.2) is 4.79 Å². The second-order valence-corrected chi connectivity index (χ2v) is 5.75. The number of rotatable bonds is 5. The van der Waals surface area contributed by atoms with E-state index in [0.29, 0.717) is 17.7 Å². The molecule has 1 aromatic heterocycles. The van der Waals surface area contributed by atoms with Crippen LogP contribution < -0.4 is 10.6 Å². The molecule has 108 valence electrons. The first-order chi connectivity index (χ1) is 9.53. The van der Waals surface area contributed by atoms with Gasteiger partial charge in [-0.2, -0.15) is 0 Å². The van der Waals surface area contributed by atoms with Gasteiger partial charge in [0.1, 0.15) is 5.54 Å². The Balaban J connectivity index is 1.86. The minimum atomic E-state index is -1.16. The van der Waals surface area contributed by atoms with Gasteiger partial charge >= 0.3 is 5.97 Å². The number of carboxylic acids is 1. The molecule has 0 aliphatic heterocycles. The van der Waals surface area contributed by atoms with Gasteiger partial charge in [0, 0.05) is 0 Å². The van der Waals surface area contributed by atoms with Gasteiger partial charge in [0.05, 0.1) is 11.4 Å². The Morgan fingerprint density at radius 3 is 2.55 bits per heavy atom. The topological polar surface area (TPSA) is 95.5 Å². The van der Waals surface area contributed by atoms with Crippen molar-refractivity contribution in [3.63, 3.8) is 0 Å². The quantitative estimate of drug-likeness (QED) is 0.755. The van der Waals surface area contributed by atoms with Crippen LogP contribution in [0.15, 0.2) is 17.5 Å². The zero-order chi connectivity index (χ0) is 14.6. The van der Waals surface area contributed by atoms with Crippen LogP contribution in [0.4, 0.5) is 0 Å². The molecule has 0 unspecified atom stereocenters. The van der Waals surface area contributed by atoms with E-state index in [1.807, 2.05) is 0 Å². The second-order valence-electron chi connectivity index (χ2n) is 4.80. The number of thiophene rings is 1. The van der Waals surface area contributed by atoms with E-state index in [9.17, 15) is 19.5 Å². The number of hydrogen-bond acceptors (Lipinski definition) is 4. The molecule has 0 spiro atoms. The Labute approximate surface area is 120 Å². The van der Waals surface area contributed by atoms with Crippen LogP contribution in [0.25, 0.3) is 0 Å². The van der Waals surface area contributed by atoms with Crippen LogP contribution >= 0.6 is 11.3 Å². The normalized spacial score (nSPS) is 16.6. The molecule has 0 radical (unpaired) electrons. The minimum Gasteiger partial charge on any atom is -0.480 e. The number of hydrogen-bond donors (Lipinski definition) is 3. The number of carboxylic acid groups (broad SMARTS) is 1. The molecule has 2 rings (SSSR count). The first-order valence-electron chi connectivity index (χ1n) is 6.40. The molecular weight excluding hydrogens is 280 g/mol. The lowest BCUT2D eigenvalue weighted by Crippen LogP contribution is -2.54. The molecule has 0 atom stereocenters. The Kier molecular flexibility index (Phi) is 4.39. The monoisotopic (exact) mass is 296 g/mol. The van der Waals surface area contributed by atoms with Gasteiger partial charge in [-0.1, -0.05) is 18.9 Å². The Hall–Kier alpha value is -1.89. The molecule has 1 aliphatic rings. The number of amides is 2. The zero-order valence-electron chi connectivity index (χ0n) is 10.8. The van der Waals surface area contributed by atoms with Gasteiger partial charge < -0.3 is 15.7 Å². The third-order valence-corrected chi connectivity index (χ3v) is 4.27. The Morgan fingerprint density at radius 1 is 1.30 bits per heavy atom. The van der Waals surface area contributed by atoms with Gasteiger partial charge in [0.2, 0.25) is 5.91 Å². The summed E-state index contributed by atoms with van der Waals surface area (Å²) in [6.07, 6.45) is 2.45. The summed E-state index contributed by atoms with van der Waals surface area (Å²) in [5, 5.41) is 16.0. The highest BCUT2D eigenvalue weighted by Crippen LogP contribution is 2.29. The molecule has 2 amide bonds. The summed E-state index contributed by atoms with van der Waals surface area (Å²) in [5.74, 6) is -1.81. The van der Waals surface area contributed by atoms with Crippen LogP contribution in [0.3, 0.4) is 0 Å². The van der Waals surface area contributed by atoms with Crippen molar-refractivity contribution in [2.45, 2.75) is 31.2 Å². The van der Waals surface area contributed by atoms with Crippen LogP contribution in [0.5, 0.6) is 0 Å². The van der Waals surface area contributed by atoms with Crippen molar-refractivity contribution < 1.29 is 19.5 Å². The second kappa shape index (κ2) is 6.04. The molecule has 0 aromatic carbocycles. The summed E-state index contributed by atoms with van der Waals surface area (Å²) in [5.41, 5.74) is -1.16. The number of aliphatic carboxylic acids is 1. The third kappa shape index (κ3) is 3.16. The van der Waals surface area contributed by atoms with Crippen molar-refractivity contribution in [2.24, 2.45) is 0 Å². The van der Waals surface area contributed by atoms with Gasteiger partial charge in [-0.3, -0.25) is 9.59 Å². The molecule has 1 saturated carbocycles. The van der Waals surface area contributed by atoms with Crippen molar-refractivity contribution in [1.82, 2.24) is 10.6 Å². The first kappa shape index (κ1) is 14.5. The fourth-order valence-electron chi connectivity index (χ4n) is 2.34. The summed E-state index contributed by atoms with van der Waals surface area (Å²) in [7, 11) is 0. The smallest absolute Gasteiger partial charge is 0.329 e. The first-order valence-corrected chi connectivity index (χ1v) is 7.28. The maximum Gasteiger partial charge on any atom is 0.329 e. The number of carbonyl (C=O) groups excluding carboxylic acids is 2.